The minimum Gasteiger partial charge on any atom is -0.486 e. The molecule has 0 amide bonds. The van der Waals surface area contributed by atoms with Crippen LogP contribution in [0.3, 0.4) is 0 Å². The standard InChI is InChI=1S/C17H18BrNO2/c1-12-6-7-13(8-15(12)18)9-19-10-14-11-20-16-4-2-3-5-17(16)21-14/h2-8,14,19H,9-11H2,1H3. The van der Waals surface area contributed by atoms with Crippen LogP contribution in [-0.4, -0.2) is 19.3 Å². The first kappa shape index (κ1) is 14.4. The lowest BCUT2D eigenvalue weighted by Crippen LogP contribution is -2.38. The SMILES string of the molecule is Cc1ccc(CNCC2COc3ccccc3O2)cc1Br. The second kappa shape index (κ2) is 6.50. The average molecular weight is 348 g/mol. The minimum absolute atomic E-state index is 0.0498. The van der Waals surface area contributed by atoms with Crippen molar-refractivity contribution in [3.63, 3.8) is 0 Å². The molecule has 2 aromatic rings. The zero-order valence-electron chi connectivity index (χ0n) is 11.9. The molecule has 3 rings (SSSR count). The molecule has 1 N–H and O–H groups in total. The van der Waals surface area contributed by atoms with Crippen LogP contribution >= 0.6 is 15.9 Å². The number of hydrogen-bond donors (Lipinski definition) is 1. The molecule has 0 saturated heterocycles. The smallest absolute Gasteiger partial charge is 0.161 e. The van der Waals surface area contributed by atoms with Crippen molar-refractivity contribution in [2.24, 2.45) is 0 Å². The first-order valence-electron chi connectivity index (χ1n) is 7.06. The van der Waals surface area contributed by atoms with Gasteiger partial charge in [0, 0.05) is 17.6 Å². The molecule has 0 fully saturated rings. The number of fused-ring (bicyclic) bond motifs is 1. The van der Waals surface area contributed by atoms with Crippen LogP contribution in [0.4, 0.5) is 0 Å². The third kappa shape index (κ3) is 3.57. The topological polar surface area (TPSA) is 30.5 Å². The lowest BCUT2D eigenvalue weighted by Gasteiger charge is -2.26. The highest BCUT2D eigenvalue weighted by atomic mass is 79.9. The van der Waals surface area contributed by atoms with Gasteiger partial charge in [-0.2, -0.15) is 0 Å². The van der Waals surface area contributed by atoms with Gasteiger partial charge in [-0.15, -0.1) is 0 Å². The van der Waals surface area contributed by atoms with Gasteiger partial charge < -0.3 is 14.8 Å². The van der Waals surface area contributed by atoms with Gasteiger partial charge in [0.15, 0.2) is 11.5 Å². The van der Waals surface area contributed by atoms with Crippen LogP contribution in [0.5, 0.6) is 11.5 Å². The molecule has 0 radical (unpaired) electrons. The molecule has 1 unspecified atom stereocenters. The minimum atomic E-state index is 0.0498. The van der Waals surface area contributed by atoms with Gasteiger partial charge in [0.1, 0.15) is 12.7 Å². The highest BCUT2D eigenvalue weighted by molar-refractivity contribution is 9.10. The molecule has 0 aromatic heterocycles. The summed E-state index contributed by atoms with van der Waals surface area (Å²) in [6.45, 7) is 4.26. The van der Waals surface area contributed by atoms with E-state index >= 15 is 0 Å². The summed E-state index contributed by atoms with van der Waals surface area (Å²) in [5, 5.41) is 3.42. The Hall–Kier alpha value is -1.52. The van der Waals surface area contributed by atoms with Crippen molar-refractivity contribution in [2.75, 3.05) is 13.2 Å². The van der Waals surface area contributed by atoms with Crippen LogP contribution in [-0.2, 0) is 6.54 Å². The normalized spacial score (nSPS) is 16.8. The van der Waals surface area contributed by atoms with Crippen LogP contribution < -0.4 is 14.8 Å². The van der Waals surface area contributed by atoms with Crippen LogP contribution in [0.2, 0.25) is 0 Å². The van der Waals surface area contributed by atoms with Gasteiger partial charge in [-0.3, -0.25) is 0 Å². The first-order chi connectivity index (χ1) is 10.2. The Bertz CT molecular complexity index is 630. The molecule has 0 spiro atoms. The Morgan fingerprint density at radius 2 is 2.00 bits per heavy atom. The van der Waals surface area contributed by atoms with Gasteiger partial charge in [0.2, 0.25) is 0 Å². The van der Waals surface area contributed by atoms with E-state index in [0.717, 1.165) is 29.1 Å². The number of aryl methyl sites for hydroxylation is 1. The predicted octanol–water partition coefficient (Wildman–Crippen LogP) is 3.69. The monoisotopic (exact) mass is 347 g/mol. The number of ether oxygens (including phenoxy) is 2. The van der Waals surface area contributed by atoms with Crippen molar-refractivity contribution in [2.45, 2.75) is 19.6 Å². The Kier molecular flexibility index (Phi) is 4.46. The van der Waals surface area contributed by atoms with Gasteiger partial charge >= 0.3 is 0 Å². The largest absolute Gasteiger partial charge is 0.486 e. The number of para-hydroxylation sites is 2. The van der Waals surface area contributed by atoms with Crippen molar-refractivity contribution < 1.29 is 9.47 Å². The van der Waals surface area contributed by atoms with E-state index in [1.165, 1.54) is 11.1 Å². The molecule has 0 saturated carbocycles. The maximum atomic E-state index is 5.92. The van der Waals surface area contributed by atoms with E-state index in [0.29, 0.717) is 6.61 Å². The molecule has 0 bridgehead atoms. The first-order valence-corrected chi connectivity index (χ1v) is 7.86. The Balaban J connectivity index is 1.51. The van der Waals surface area contributed by atoms with Gasteiger partial charge in [-0.1, -0.05) is 40.2 Å². The summed E-state index contributed by atoms with van der Waals surface area (Å²) >= 11 is 3.56. The molecular formula is C17H18BrNO2. The summed E-state index contributed by atoms with van der Waals surface area (Å²) in [6, 6.07) is 14.2. The molecular weight excluding hydrogens is 330 g/mol. The fourth-order valence-electron chi connectivity index (χ4n) is 2.29. The van der Waals surface area contributed by atoms with Crippen molar-refractivity contribution in [3.05, 3.63) is 58.1 Å². The van der Waals surface area contributed by atoms with E-state index in [9.17, 15) is 0 Å². The quantitative estimate of drug-likeness (QED) is 0.914. The molecule has 2 aromatic carbocycles. The molecule has 1 aliphatic rings. The van der Waals surface area contributed by atoms with Gasteiger partial charge in [0.05, 0.1) is 0 Å². The number of rotatable bonds is 4. The van der Waals surface area contributed by atoms with Crippen LogP contribution in [0, 0.1) is 6.92 Å². The maximum Gasteiger partial charge on any atom is 0.161 e. The Morgan fingerprint density at radius 3 is 2.81 bits per heavy atom. The van der Waals surface area contributed by atoms with Gasteiger partial charge in [-0.25, -0.2) is 0 Å². The van der Waals surface area contributed by atoms with Gasteiger partial charge in [-0.05, 0) is 36.2 Å². The summed E-state index contributed by atoms with van der Waals surface area (Å²) in [5.74, 6) is 1.66. The summed E-state index contributed by atoms with van der Waals surface area (Å²) in [4.78, 5) is 0. The lowest BCUT2D eigenvalue weighted by atomic mass is 10.1. The predicted molar refractivity (Wildman–Crippen MR) is 86.9 cm³/mol. The summed E-state index contributed by atoms with van der Waals surface area (Å²) < 4.78 is 12.8. The average Bonchev–Trinajstić information content (AvgIpc) is 2.51. The van der Waals surface area contributed by atoms with Crippen LogP contribution in [0.1, 0.15) is 11.1 Å². The molecule has 4 heteroatoms. The van der Waals surface area contributed by atoms with E-state index in [1.807, 2.05) is 24.3 Å². The van der Waals surface area contributed by atoms with Crippen molar-refractivity contribution in [1.82, 2.24) is 5.32 Å². The number of nitrogens with one attached hydrogen (secondary N) is 1. The second-order valence-corrected chi connectivity index (χ2v) is 6.07. The number of hydrogen-bond acceptors (Lipinski definition) is 3. The van der Waals surface area contributed by atoms with Crippen molar-refractivity contribution in [3.8, 4) is 11.5 Å². The highest BCUT2D eigenvalue weighted by Gasteiger charge is 2.19. The number of halogens is 1. The second-order valence-electron chi connectivity index (χ2n) is 5.21. The molecule has 0 aliphatic carbocycles. The highest BCUT2D eigenvalue weighted by Crippen LogP contribution is 2.30. The summed E-state index contributed by atoms with van der Waals surface area (Å²) in [7, 11) is 0. The molecule has 1 heterocycles. The van der Waals surface area contributed by atoms with E-state index in [-0.39, 0.29) is 6.10 Å². The van der Waals surface area contributed by atoms with E-state index < -0.39 is 0 Å². The molecule has 21 heavy (non-hydrogen) atoms. The van der Waals surface area contributed by atoms with Crippen LogP contribution in [0.25, 0.3) is 0 Å². The van der Waals surface area contributed by atoms with E-state index in [4.69, 9.17) is 9.47 Å². The maximum absolute atomic E-state index is 5.92. The zero-order valence-corrected chi connectivity index (χ0v) is 13.5. The van der Waals surface area contributed by atoms with Gasteiger partial charge in [0.25, 0.3) is 0 Å². The van der Waals surface area contributed by atoms with Crippen LogP contribution in [0.15, 0.2) is 46.9 Å². The zero-order chi connectivity index (χ0) is 14.7. The molecule has 3 nitrogen and oxygen atoms in total. The third-order valence-corrected chi connectivity index (χ3v) is 4.36. The van der Waals surface area contributed by atoms with E-state index in [2.05, 4.69) is 46.4 Å². The van der Waals surface area contributed by atoms with Crippen molar-refractivity contribution in [1.29, 1.82) is 0 Å². The Labute approximate surface area is 133 Å². The lowest BCUT2D eigenvalue weighted by molar-refractivity contribution is 0.0902. The third-order valence-electron chi connectivity index (χ3n) is 3.50. The Morgan fingerprint density at radius 1 is 1.19 bits per heavy atom. The summed E-state index contributed by atoms with van der Waals surface area (Å²) in [6.07, 6.45) is 0.0498. The van der Waals surface area contributed by atoms with E-state index in [1.54, 1.807) is 0 Å². The fraction of sp³-hybridized carbons (Fsp3) is 0.294. The molecule has 110 valence electrons. The number of benzene rings is 2. The molecule has 1 atom stereocenters. The fourth-order valence-corrected chi connectivity index (χ4v) is 2.71. The molecule has 1 aliphatic heterocycles. The van der Waals surface area contributed by atoms with Crippen molar-refractivity contribution >= 4 is 15.9 Å². The summed E-state index contributed by atoms with van der Waals surface area (Å²) in [5.41, 5.74) is 2.50.